The Balaban J connectivity index is 2.59. The summed E-state index contributed by atoms with van der Waals surface area (Å²) in [5.41, 5.74) is 1.36. The highest BCUT2D eigenvalue weighted by Crippen LogP contribution is 2.27. The molecule has 2 aromatic rings. The fourth-order valence-corrected chi connectivity index (χ4v) is 1.89. The van der Waals surface area contributed by atoms with Gasteiger partial charge < -0.3 is 0 Å². The number of rotatable bonds is 1. The van der Waals surface area contributed by atoms with Gasteiger partial charge in [-0.3, -0.25) is 0 Å². The second kappa shape index (κ2) is 3.30. The van der Waals surface area contributed by atoms with E-state index >= 15 is 0 Å². The molecule has 0 bridgehead atoms. The second-order valence-electron chi connectivity index (χ2n) is 2.85. The number of hydrogen-bond donors (Lipinski definition) is 0. The third-order valence-corrected chi connectivity index (χ3v) is 2.76. The summed E-state index contributed by atoms with van der Waals surface area (Å²) >= 11 is 1.43. The quantitative estimate of drug-likeness (QED) is 0.645. The first-order valence-electron chi connectivity index (χ1n) is 4.00. The maximum absolute atomic E-state index is 13.6. The molecule has 0 nitrogen and oxygen atoms in total. The number of halogens is 1. The Morgan fingerprint density at radius 2 is 2.15 bits per heavy atom. The van der Waals surface area contributed by atoms with Gasteiger partial charge in [0.05, 0.1) is 0 Å². The van der Waals surface area contributed by atoms with Crippen LogP contribution in [-0.4, -0.2) is 0 Å². The molecule has 1 aromatic carbocycles. The Morgan fingerprint density at radius 3 is 2.85 bits per heavy atom. The van der Waals surface area contributed by atoms with Crippen LogP contribution in [0.15, 0.2) is 30.3 Å². The third kappa shape index (κ3) is 1.49. The van der Waals surface area contributed by atoms with E-state index in [1.54, 1.807) is 19.1 Å². The predicted molar refractivity (Wildman–Crippen MR) is 53.3 cm³/mol. The zero-order valence-corrected chi connectivity index (χ0v) is 7.99. The summed E-state index contributed by atoms with van der Waals surface area (Å²) in [4.78, 5) is 0.932. The van der Waals surface area contributed by atoms with Crippen molar-refractivity contribution in [1.29, 1.82) is 0 Å². The third-order valence-electron chi connectivity index (χ3n) is 1.93. The summed E-state index contributed by atoms with van der Waals surface area (Å²) in [6.07, 6.45) is 0. The van der Waals surface area contributed by atoms with Gasteiger partial charge in [-0.15, -0.1) is 11.3 Å². The summed E-state index contributed by atoms with van der Waals surface area (Å²) in [5.74, 6) is -0.127. The molecule has 0 spiro atoms. The number of hydrogen-bond acceptors (Lipinski definition) is 1. The standard InChI is InChI=1S/C11H8FS/c1-8-4-2-5-9(11(8)12)10-6-3-7-13-10/h2-6H,1H3. The maximum atomic E-state index is 13.6. The van der Waals surface area contributed by atoms with Crippen LogP contribution < -0.4 is 0 Å². The molecule has 1 radical (unpaired) electrons. The van der Waals surface area contributed by atoms with Gasteiger partial charge in [0.15, 0.2) is 0 Å². The largest absolute Gasteiger partial charge is 0.206 e. The summed E-state index contributed by atoms with van der Waals surface area (Å²) in [5, 5.41) is 2.95. The van der Waals surface area contributed by atoms with E-state index in [9.17, 15) is 4.39 Å². The van der Waals surface area contributed by atoms with Crippen LogP contribution in [-0.2, 0) is 0 Å². The molecule has 0 aliphatic rings. The van der Waals surface area contributed by atoms with Gasteiger partial charge in [-0.25, -0.2) is 4.39 Å². The average molecular weight is 191 g/mol. The Kier molecular flexibility index (Phi) is 2.15. The lowest BCUT2D eigenvalue weighted by Gasteiger charge is -2.01. The summed E-state index contributed by atoms with van der Waals surface area (Å²) in [6, 6.07) is 9.12. The summed E-state index contributed by atoms with van der Waals surface area (Å²) in [6.45, 7) is 1.77. The van der Waals surface area contributed by atoms with Crippen molar-refractivity contribution in [2.75, 3.05) is 0 Å². The molecule has 65 valence electrons. The van der Waals surface area contributed by atoms with Crippen LogP contribution in [0.5, 0.6) is 0 Å². The van der Waals surface area contributed by atoms with Crippen molar-refractivity contribution < 1.29 is 4.39 Å². The highest BCUT2D eigenvalue weighted by atomic mass is 32.1. The molecule has 0 amide bonds. The van der Waals surface area contributed by atoms with Crippen LogP contribution in [0.4, 0.5) is 4.39 Å². The molecular formula is C11H8FS. The number of thiophene rings is 1. The van der Waals surface area contributed by atoms with Gasteiger partial charge in [-0.05, 0) is 24.6 Å². The van der Waals surface area contributed by atoms with E-state index in [1.807, 2.05) is 18.2 Å². The molecule has 1 aromatic heterocycles. The van der Waals surface area contributed by atoms with Gasteiger partial charge in [-0.2, -0.15) is 0 Å². The topological polar surface area (TPSA) is 0 Å². The van der Waals surface area contributed by atoms with Crippen molar-refractivity contribution in [3.05, 3.63) is 47.1 Å². The lowest BCUT2D eigenvalue weighted by molar-refractivity contribution is 0.622. The molecule has 0 unspecified atom stereocenters. The normalized spacial score (nSPS) is 10.3. The maximum Gasteiger partial charge on any atom is 0.134 e. The molecule has 0 aliphatic carbocycles. The van der Waals surface area contributed by atoms with E-state index in [0.29, 0.717) is 11.1 Å². The molecule has 13 heavy (non-hydrogen) atoms. The van der Waals surface area contributed by atoms with Gasteiger partial charge in [0.1, 0.15) is 5.82 Å². The fourth-order valence-electron chi connectivity index (χ4n) is 1.22. The van der Waals surface area contributed by atoms with E-state index in [1.165, 1.54) is 11.3 Å². The van der Waals surface area contributed by atoms with Gasteiger partial charge in [0.2, 0.25) is 0 Å². The molecule has 2 rings (SSSR count). The molecule has 1 heterocycles. The predicted octanol–water partition coefficient (Wildman–Crippen LogP) is 3.66. The molecule has 2 heteroatoms. The first-order chi connectivity index (χ1) is 6.29. The van der Waals surface area contributed by atoms with Crippen molar-refractivity contribution in [2.45, 2.75) is 6.92 Å². The van der Waals surface area contributed by atoms with E-state index in [4.69, 9.17) is 0 Å². The molecule has 0 atom stereocenters. The highest BCUT2D eigenvalue weighted by molar-refractivity contribution is 7.13. The SMILES string of the molecule is Cc1cccc(-c2cc[c]s2)c1F. The minimum atomic E-state index is -0.127. The molecular weight excluding hydrogens is 183 g/mol. The van der Waals surface area contributed by atoms with E-state index < -0.39 is 0 Å². The lowest BCUT2D eigenvalue weighted by Crippen LogP contribution is -1.85. The van der Waals surface area contributed by atoms with Gasteiger partial charge in [0, 0.05) is 15.8 Å². The van der Waals surface area contributed by atoms with Crippen LogP contribution in [0.2, 0.25) is 0 Å². The lowest BCUT2D eigenvalue weighted by atomic mass is 10.1. The first kappa shape index (κ1) is 8.45. The highest BCUT2D eigenvalue weighted by Gasteiger charge is 2.06. The fraction of sp³-hybridized carbons (Fsp3) is 0.0909. The molecule has 0 N–H and O–H groups in total. The van der Waals surface area contributed by atoms with Crippen molar-refractivity contribution in [3.8, 4) is 10.4 Å². The summed E-state index contributed by atoms with van der Waals surface area (Å²) < 4.78 is 13.6. The van der Waals surface area contributed by atoms with Gasteiger partial charge >= 0.3 is 0 Å². The number of aryl methyl sites for hydroxylation is 1. The van der Waals surface area contributed by atoms with Crippen molar-refractivity contribution >= 4 is 11.3 Å². The van der Waals surface area contributed by atoms with E-state index in [2.05, 4.69) is 5.38 Å². The van der Waals surface area contributed by atoms with Crippen LogP contribution in [0.1, 0.15) is 5.56 Å². The van der Waals surface area contributed by atoms with E-state index in [0.717, 1.165) is 4.88 Å². The number of benzene rings is 1. The Bertz CT molecular complexity index is 404. The van der Waals surface area contributed by atoms with E-state index in [-0.39, 0.29) is 5.82 Å². The minimum absolute atomic E-state index is 0.127. The van der Waals surface area contributed by atoms with Crippen molar-refractivity contribution in [3.63, 3.8) is 0 Å². The van der Waals surface area contributed by atoms with Crippen LogP contribution >= 0.6 is 11.3 Å². The second-order valence-corrected chi connectivity index (χ2v) is 3.73. The van der Waals surface area contributed by atoms with Crippen molar-refractivity contribution in [2.24, 2.45) is 0 Å². The van der Waals surface area contributed by atoms with Crippen LogP contribution in [0.3, 0.4) is 0 Å². The Labute approximate surface area is 80.7 Å². The van der Waals surface area contributed by atoms with Crippen LogP contribution in [0.25, 0.3) is 10.4 Å². The monoisotopic (exact) mass is 191 g/mol. The minimum Gasteiger partial charge on any atom is -0.206 e. The van der Waals surface area contributed by atoms with Gasteiger partial charge in [0.25, 0.3) is 0 Å². The van der Waals surface area contributed by atoms with Gasteiger partial charge in [-0.1, -0.05) is 18.2 Å². The average Bonchev–Trinajstić information content (AvgIpc) is 2.62. The van der Waals surface area contributed by atoms with Crippen molar-refractivity contribution in [1.82, 2.24) is 0 Å². The zero-order valence-electron chi connectivity index (χ0n) is 7.17. The molecule has 0 fully saturated rings. The molecule has 0 saturated carbocycles. The summed E-state index contributed by atoms with van der Waals surface area (Å²) in [7, 11) is 0. The Morgan fingerprint density at radius 1 is 1.31 bits per heavy atom. The molecule has 0 saturated heterocycles. The first-order valence-corrected chi connectivity index (χ1v) is 4.82. The Hall–Kier alpha value is -1.15. The molecule has 0 aliphatic heterocycles. The zero-order chi connectivity index (χ0) is 9.26. The smallest absolute Gasteiger partial charge is 0.134 e. The van der Waals surface area contributed by atoms with Crippen LogP contribution in [0, 0.1) is 18.1 Å².